The first-order valence-corrected chi connectivity index (χ1v) is 6.00. The van der Waals surface area contributed by atoms with E-state index in [9.17, 15) is 13.2 Å². The van der Waals surface area contributed by atoms with E-state index in [4.69, 9.17) is 5.73 Å². The number of imidazole rings is 1. The Labute approximate surface area is 117 Å². The van der Waals surface area contributed by atoms with Gasteiger partial charge in [-0.3, -0.25) is 4.98 Å². The second-order valence-electron chi connectivity index (χ2n) is 4.50. The van der Waals surface area contributed by atoms with Crippen molar-refractivity contribution in [2.75, 3.05) is 5.73 Å². The topological polar surface area (TPSA) is 69.1 Å². The van der Waals surface area contributed by atoms with Gasteiger partial charge >= 0.3 is 6.18 Å². The number of anilines is 1. The molecule has 0 aliphatic heterocycles. The smallest absolute Gasteiger partial charge is 0.396 e. The van der Waals surface area contributed by atoms with Gasteiger partial charge in [0.2, 0.25) is 0 Å². The Bertz CT molecular complexity index is 808. The Kier molecular flexibility index (Phi) is 2.82. The first-order chi connectivity index (χ1) is 9.89. The monoisotopic (exact) mass is 293 g/mol. The normalized spacial score (nSPS) is 12.0. The van der Waals surface area contributed by atoms with E-state index in [0.29, 0.717) is 16.8 Å². The summed E-state index contributed by atoms with van der Waals surface area (Å²) >= 11 is 0. The maximum absolute atomic E-state index is 13.0. The molecule has 3 aromatic rings. The first-order valence-electron chi connectivity index (χ1n) is 6.00. The Morgan fingerprint density at radius 3 is 2.67 bits per heavy atom. The van der Waals surface area contributed by atoms with Crippen molar-refractivity contribution in [2.45, 2.75) is 13.1 Å². The number of aromatic nitrogens is 4. The minimum atomic E-state index is -4.59. The third-order valence-electron chi connectivity index (χ3n) is 3.11. The Morgan fingerprint density at radius 2 is 2.05 bits per heavy atom. The number of pyridine rings is 1. The molecule has 0 bridgehead atoms. The highest BCUT2D eigenvalue weighted by Crippen LogP contribution is 2.37. The molecule has 0 radical (unpaired) electrons. The molecule has 0 atom stereocenters. The summed E-state index contributed by atoms with van der Waals surface area (Å²) in [6.45, 7) is 1.67. The molecule has 0 amide bonds. The van der Waals surface area contributed by atoms with Crippen LogP contribution in [0.1, 0.15) is 11.4 Å². The fraction of sp³-hybridized carbons (Fsp3) is 0.154. The number of rotatable bonds is 1. The van der Waals surface area contributed by atoms with E-state index in [-0.39, 0.29) is 11.2 Å². The number of halogens is 3. The van der Waals surface area contributed by atoms with E-state index in [0.717, 1.165) is 10.8 Å². The van der Waals surface area contributed by atoms with Crippen LogP contribution < -0.4 is 5.73 Å². The molecule has 21 heavy (non-hydrogen) atoms. The molecule has 0 spiro atoms. The number of aryl methyl sites for hydroxylation is 1. The molecule has 0 unspecified atom stereocenters. The Morgan fingerprint density at radius 1 is 1.29 bits per heavy atom. The molecule has 0 aliphatic carbocycles. The lowest BCUT2D eigenvalue weighted by atomic mass is 10.0. The van der Waals surface area contributed by atoms with Crippen molar-refractivity contribution >= 4 is 11.2 Å². The molecule has 3 aromatic heterocycles. The number of fused-ring (bicyclic) bond motifs is 1. The molecule has 3 rings (SSSR count). The van der Waals surface area contributed by atoms with Gasteiger partial charge < -0.3 is 5.73 Å². The SMILES string of the molecule is Cc1nn2cnc(C(F)(F)F)c2c(N)c1-c1cccnc1. The number of hydrogen-bond acceptors (Lipinski definition) is 4. The number of nitrogens with zero attached hydrogens (tertiary/aromatic N) is 4. The summed E-state index contributed by atoms with van der Waals surface area (Å²) in [5.41, 5.74) is 6.20. The predicted molar refractivity (Wildman–Crippen MR) is 70.4 cm³/mol. The minimum Gasteiger partial charge on any atom is -0.396 e. The average molecular weight is 293 g/mol. The summed E-state index contributed by atoms with van der Waals surface area (Å²) in [5.74, 6) is 0. The minimum absolute atomic E-state index is 0.0136. The van der Waals surface area contributed by atoms with Crippen LogP contribution in [0.3, 0.4) is 0 Å². The van der Waals surface area contributed by atoms with Crippen LogP contribution in [-0.4, -0.2) is 19.6 Å². The van der Waals surface area contributed by atoms with Crippen LogP contribution in [-0.2, 0) is 6.18 Å². The molecule has 5 nitrogen and oxygen atoms in total. The second kappa shape index (κ2) is 4.44. The number of hydrogen-bond donors (Lipinski definition) is 1. The van der Waals surface area contributed by atoms with Crippen molar-refractivity contribution in [1.29, 1.82) is 0 Å². The van der Waals surface area contributed by atoms with Crippen LogP contribution >= 0.6 is 0 Å². The van der Waals surface area contributed by atoms with Crippen LogP contribution in [0.4, 0.5) is 18.9 Å². The quantitative estimate of drug-likeness (QED) is 0.749. The van der Waals surface area contributed by atoms with Gasteiger partial charge in [-0.05, 0) is 13.0 Å². The van der Waals surface area contributed by atoms with Crippen LogP contribution in [0, 0.1) is 6.92 Å². The first kappa shape index (κ1) is 13.3. The summed E-state index contributed by atoms with van der Waals surface area (Å²) in [4.78, 5) is 7.34. The van der Waals surface area contributed by atoms with Crippen LogP contribution in [0.2, 0.25) is 0 Å². The molecule has 0 saturated heterocycles. The van der Waals surface area contributed by atoms with E-state index in [2.05, 4.69) is 15.1 Å². The van der Waals surface area contributed by atoms with E-state index in [1.807, 2.05) is 0 Å². The fourth-order valence-corrected chi connectivity index (χ4v) is 2.27. The highest BCUT2D eigenvalue weighted by atomic mass is 19.4. The van der Waals surface area contributed by atoms with Gasteiger partial charge in [-0.15, -0.1) is 0 Å². The lowest BCUT2D eigenvalue weighted by Crippen LogP contribution is -2.09. The van der Waals surface area contributed by atoms with Crippen molar-refractivity contribution in [1.82, 2.24) is 19.6 Å². The maximum atomic E-state index is 13.0. The average Bonchev–Trinajstić information content (AvgIpc) is 2.84. The fourth-order valence-electron chi connectivity index (χ4n) is 2.27. The largest absolute Gasteiger partial charge is 0.435 e. The van der Waals surface area contributed by atoms with Crippen LogP contribution in [0.15, 0.2) is 30.9 Å². The lowest BCUT2D eigenvalue weighted by molar-refractivity contribution is -0.139. The van der Waals surface area contributed by atoms with Gasteiger partial charge in [0.1, 0.15) is 11.8 Å². The molecule has 0 aliphatic rings. The van der Waals surface area contributed by atoms with Crippen molar-refractivity contribution in [3.05, 3.63) is 42.2 Å². The predicted octanol–water partition coefficient (Wildman–Crippen LogP) is 2.70. The van der Waals surface area contributed by atoms with Gasteiger partial charge in [0, 0.05) is 23.5 Å². The molecule has 8 heteroatoms. The summed E-state index contributed by atoms with van der Waals surface area (Å²) < 4.78 is 40.0. The van der Waals surface area contributed by atoms with Gasteiger partial charge in [0.05, 0.1) is 11.4 Å². The molecule has 2 N–H and O–H groups in total. The van der Waals surface area contributed by atoms with Gasteiger partial charge in [0.15, 0.2) is 5.69 Å². The van der Waals surface area contributed by atoms with E-state index in [1.54, 1.807) is 25.3 Å². The summed E-state index contributed by atoms with van der Waals surface area (Å²) in [5, 5.41) is 4.09. The van der Waals surface area contributed by atoms with Crippen molar-refractivity contribution in [3.8, 4) is 11.1 Å². The lowest BCUT2D eigenvalue weighted by Gasteiger charge is -2.12. The molecule has 0 aromatic carbocycles. The van der Waals surface area contributed by atoms with Crippen LogP contribution in [0.5, 0.6) is 0 Å². The van der Waals surface area contributed by atoms with Gasteiger partial charge in [-0.25, -0.2) is 9.50 Å². The Balaban J connectivity index is 2.37. The number of alkyl halides is 3. The molecule has 3 heterocycles. The van der Waals surface area contributed by atoms with Crippen molar-refractivity contribution < 1.29 is 13.2 Å². The molecular formula is C13H10F3N5. The Hall–Kier alpha value is -2.64. The van der Waals surface area contributed by atoms with E-state index >= 15 is 0 Å². The van der Waals surface area contributed by atoms with E-state index < -0.39 is 11.9 Å². The van der Waals surface area contributed by atoms with Gasteiger partial charge in [-0.2, -0.15) is 18.3 Å². The summed E-state index contributed by atoms with van der Waals surface area (Å²) in [6, 6.07) is 3.40. The second-order valence-corrected chi connectivity index (χ2v) is 4.50. The summed E-state index contributed by atoms with van der Waals surface area (Å²) in [6.07, 6.45) is -0.484. The molecular weight excluding hydrogens is 283 g/mol. The van der Waals surface area contributed by atoms with Crippen LogP contribution in [0.25, 0.3) is 16.6 Å². The van der Waals surface area contributed by atoms with Crippen molar-refractivity contribution in [2.24, 2.45) is 0 Å². The van der Waals surface area contributed by atoms with Gasteiger partial charge in [-0.1, -0.05) is 6.07 Å². The standard InChI is InChI=1S/C13H10F3N5/c1-7-9(8-3-2-4-18-5-8)10(17)11-12(13(14,15)16)19-6-21(11)20-7/h2-6H,17H2,1H3. The maximum Gasteiger partial charge on any atom is 0.435 e. The third kappa shape index (κ3) is 2.08. The summed E-state index contributed by atoms with van der Waals surface area (Å²) in [7, 11) is 0. The zero-order valence-electron chi connectivity index (χ0n) is 10.9. The van der Waals surface area contributed by atoms with E-state index in [1.165, 1.54) is 6.20 Å². The highest BCUT2D eigenvalue weighted by Gasteiger charge is 2.37. The number of nitrogens with two attached hydrogens (primary N) is 1. The number of nitrogen functional groups attached to an aromatic ring is 1. The van der Waals surface area contributed by atoms with Crippen molar-refractivity contribution in [3.63, 3.8) is 0 Å². The third-order valence-corrected chi connectivity index (χ3v) is 3.11. The molecule has 0 fully saturated rings. The molecule has 108 valence electrons. The molecule has 0 saturated carbocycles. The zero-order chi connectivity index (χ0) is 15.2. The van der Waals surface area contributed by atoms with Gasteiger partial charge in [0.25, 0.3) is 0 Å². The zero-order valence-corrected chi connectivity index (χ0v) is 10.9. The highest BCUT2D eigenvalue weighted by molar-refractivity contribution is 5.89.